The standard InChI is InChI=1S/C29H32FN3O2/c1-21-10-15-24(18-27(21)32-29(35)25-8-4-5-9-26(25)30)28(34)31-19-22-11-13-23(14-12-22)20-33-16-6-2-3-7-17-33/h4-5,8-15,18H,2-3,6-7,16-17,19-20H2,1H3,(H,31,34)(H,32,35). The number of hydrogen-bond acceptors (Lipinski definition) is 3. The first kappa shape index (κ1) is 24.6. The third-order valence-corrected chi connectivity index (χ3v) is 6.45. The molecule has 1 aliphatic rings. The number of benzene rings is 3. The summed E-state index contributed by atoms with van der Waals surface area (Å²) in [6.45, 7) is 5.53. The minimum absolute atomic E-state index is 0.0407. The third-order valence-electron chi connectivity index (χ3n) is 6.45. The van der Waals surface area contributed by atoms with E-state index in [1.807, 2.05) is 6.92 Å². The van der Waals surface area contributed by atoms with E-state index in [0.717, 1.165) is 30.8 Å². The summed E-state index contributed by atoms with van der Waals surface area (Å²) < 4.78 is 13.9. The molecule has 0 atom stereocenters. The normalized spacial score (nSPS) is 14.2. The average Bonchev–Trinajstić information content (AvgIpc) is 3.13. The van der Waals surface area contributed by atoms with E-state index in [0.29, 0.717) is 17.8 Å². The molecule has 182 valence electrons. The molecule has 0 radical (unpaired) electrons. The summed E-state index contributed by atoms with van der Waals surface area (Å²) in [5.74, 6) is -1.38. The summed E-state index contributed by atoms with van der Waals surface area (Å²) in [6.07, 6.45) is 5.21. The second-order valence-electron chi connectivity index (χ2n) is 9.15. The number of amides is 2. The van der Waals surface area contributed by atoms with Crippen LogP contribution in [0.2, 0.25) is 0 Å². The minimum Gasteiger partial charge on any atom is -0.348 e. The van der Waals surface area contributed by atoms with E-state index in [4.69, 9.17) is 0 Å². The molecule has 0 bridgehead atoms. The monoisotopic (exact) mass is 473 g/mol. The summed E-state index contributed by atoms with van der Waals surface area (Å²) in [5, 5.41) is 5.66. The van der Waals surface area contributed by atoms with E-state index in [1.165, 1.54) is 49.4 Å². The van der Waals surface area contributed by atoms with Crippen LogP contribution in [0.1, 0.15) is 63.1 Å². The zero-order valence-electron chi connectivity index (χ0n) is 20.1. The van der Waals surface area contributed by atoms with Crippen LogP contribution in [0.15, 0.2) is 66.7 Å². The molecule has 4 rings (SSSR count). The van der Waals surface area contributed by atoms with E-state index in [-0.39, 0.29) is 11.5 Å². The molecule has 1 fully saturated rings. The molecule has 3 aromatic carbocycles. The molecule has 1 heterocycles. The lowest BCUT2D eigenvalue weighted by atomic mass is 10.1. The second-order valence-corrected chi connectivity index (χ2v) is 9.15. The Bertz CT molecular complexity index is 1170. The van der Waals surface area contributed by atoms with Gasteiger partial charge in [0.25, 0.3) is 11.8 Å². The molecule has 2 N–H and O–H groups in total. The number of aryl methyl sites for hydroxylation is 1. The minimum atomic E-state index is -0.589. The van der Waals surface area contributed by atoms with Gasteiger partial charge in [0, 0.05) is 24.3 Å². The molecule has 0 aromatic heterocycles. The van der Waals surface area contributed by atoms with Gasteiger partial charge in [0.15, 0.2) is 0 Å². The van der Waals surface area contributed by atoms with Crippen molar-refractivity contribution in [1.82, 2.24) is 10.2 Å². The fourth-order valence-corrected chi connectivity index (χ4v) is 4.33. The van der Waals surface area contributed by atoms with Crippen molar-refractivity contribution in [3.05, 3.63) is 100 Å². The van der Waals surface area contributed by atoms with Gasteiger partial charge in [0.1, 0.15) is 5.82 Å². The fourth-order valence-electron chi connectivity index (χ4n) is 4.33. The molecule has 0 aliphatic carbocycles. The summed E-state index contributed by atoms with van der Waals surface area (Å²) >= 11 is 0. The van der Waals surface area contributed by atoms with E-state index in [1.54, 1.807) is 24.3 Å². The van der Waals surface area contributed by atoms with Crippen molar-refractivity contribution in [2.24, 2.45) is 0 Å². The first-order valence-corrected chi connectivity index (χ1v) is 12.2. The number of hydrogen-bond donors (Lipinski definition) is 2. The Morgan fingerprint density at radius 3 is 2.26 bits per heavy atom. The maximum Gasteiger partial charge on any atom is 0.258 e. The molecule has 1 saturated heterocycles. The number of anilines is 1. The Kier molecular flexibility index (Phi) is 8.27. The molecule has 6 heteroatoms. The van der Waals surface area contributed by atoms with Gasteiger partial charge in [-0.05, 0) is 73.8 Å². The maximum atomic E-state index is 13.9. The highest BCUT2D eigenvalue weighted by atomic mass is 19.1. The van der Waals surface area contributed by atoms with Gasteiger partial charge in [0.2, 0.25) is 0 Å². The van der Waals surface area contributed by atoms with Gasteiger partial charge in [-0.1, -0.05) is 55.3 Å². The number of rotatable bonds is 7. The Labute approximate surface area is 206 Å². The van der Waals surface area contributed by atoms with Crippen molar-refractivity contribution < 1.29 is 14.0 Å². The predicted molar refractivity (Wildman–Crippen MR) is 137 cm³/mol. The highest BCUT2D eigenvalue weighted by Gasteiger charge is 2.14. The van der Waals surface area contributed by atoms with Crippen molar-refractivity contribution in [2.45, 2.75) is 45.7 Å². The Balaban J connectivity index is 1.34. The molecule has 35 heavy (non-hydrogen) atoms. The number of likely N-dealkylation sites (tertiary alicyclic amines) is 1. The first-order valence-electron chi connectivity index (χ1n) is 12.2. The largest absolute Gasteiger partial charge is 0.348 e. The van der Waals surface area contributed by atoms with E-state index < -0.39 is 11.7 Å². The van der Waals surface area contributed by atoms with Crippen molar-refractivity contribution >= 4 is 17.5 Å². The van der Waals surface area contributed by atoms with Gasteiger partial charge in [0.05, 0.1) is 5.56 Å². The van der Waals surface area contributed by atoms with Crippen molar-refractivity contribution in [2.75, 3.05) is 18.4 Å². The number of nitrogens with zero attached hydrogens (tertiary/aromatic N) is 1. The first-order chi connectivity index (χ1) is 17.0. The molecular weight excluding hydrogens is 441 g/mol. The Morgan fingerprint density at radius 2 is 1.54 bits per heavy atom. The van der Waals surface area contributed by atoms with Crippen molar-refractivity contribution in [1.29, 1.82) is 0 Å². The quantitative estimate of drug-likeness (QED) is 0.463. The zero-order chi connectivity index (χ0) is 24.6. The lowest BCUT2D eigenvalue weighted by molar-refractivity contribution is 0.0949. The van der Waals surface area contributed by atoms with Crippen LogP contribution in [0.3, 0.4) is 0 Å². The van der Waals surface area contributed by atoms with Gasteiger partial charge in [-0.15, -0.1) is 0 Å². The molecule has 3 aromatic rings. The van der Waals surface area contributed by atoms with Crippen LogP contribution >= 0.6 is 0 Å². The highest BCUT2D eigenvalue weighted by molar-refractivity contribution is 6.05. The second kappa shape index (κ2) is 11.8. The van der Waals surface area contributed by atoms with Crippen LogP contribution in [0.4, 0.5) is 10.1 Å². The summed E-state index contributed by atoms with van der Waals surface area (Å²) in [4.78, 5) is 27.8. The van der Waals surface area contributed by atoms with E-state index in [9.17, 15) is 14.0 Å². The summed E-state index contributed by atoms with van der Waals surface area (Å²) in [6, 6.07) is 19.3. The lowest BCUT2D eigenvalue weighted by Crippen LogP contribution is -2.24. The van der Waals surface area contributed by atoms with Gasteiger partial charge in [-0.3, -0.25) is 14.5 Å². The maximum absolute atomic E-state index is 13.9. The molecule has 1 aliphatic heterocycles. The van der Waals surface area contributed by atoms with E-state index in [2.05, 4.69) is 39.8 Å². The highest BCUT2D eigenvalue weighted by Crippen LogP contribution is 2.19. The zero-order valence-corrected chi connectivity index (χ0v) is 20.1. The van der Waals surface area contributed by atoms with Crippen LogP contribution in [0, 0.1) is 12.7 Å². The molecular formula is C29H32FN3O2. The number of nitrogens with one attached hydrogen (secondary N) is 2. The summed E-state index contributed by atoms with van der Waals surface area (Å²) in [7, 11) is 0. The number of carbonyl (C=O) groups excluding carboxylic acids is 2. The molecule has 2 amide bonds. The number of carbonyl (C=O) groups is 2. The van der Waals surface area contributed by atoms with Crippen LogP contribution in [0.25, 0.3) is 0 Å². The van der Waals surface area contributed by atoms with Crippen LogP contribution in [0.5, 0.6) is 0 Å². The molecule has 0 saturated carbocycles. The summed E-state index contributed by atoms with van der Waals surface area (Å²) in [5.41, 5.74) is 3.96. The average molecular weight is 474 g/mol. The fraction of sp³-hybridized carbons (Fsp3) is 0.310. The van der Waals surface area contributed by atoms with E-state index >= 15 is 0 Å². The molecule has 0 unspecified atom stereocenters. The topological polar surface area (TPSA) is 61.4 Å². The lowest BCUT2D eigenvalue weighted by Gasteiger charge is -2.19. The van der Waals surface area contributed by atoms with Gasteiger partial charge < -0.3 is 10.6 Å². The Morgan fingerprint density at radius 1 is 0.857 bits per heavy atom. The molecule has 0 spiro atoms. The molecule has 5 nitrogen and oxygen atoms in total. The van der Waals surface area contributed by atoms with Gasteiger partial charge >= 0.3 is 0 Å². The number of halogens is 1. The van der Waals surface area contributed by atoms with Gasteiger partial charge in [-0.2, -0.15) is 0 Å². The van der Waals surface area contributed by atoms with Crippen molar-refractivity contribution in [3.8, 4) is 0 Å². The SMILES string of the molecule is Cc1ccc(C(=O)NCc2ccc(CN3CCCCCC3)cc2)cc1NC(=O)c1ccccc1F. The smallest absolute Gasteiger partial charge is 0.258 e. The Hall–Kier alpha value is -3.51. The van der Waals surface area contributed by atoms with Gasteiger partial charge in [-0.25, -0.2) is 4.39 Å². The third kappa shape index (κ3) is 6.76. The van der Waals surface area contributed by atoms with Crippen LogP contribution < -0.4 is 10.6 Å². The van der Waals surface area contributed by atoms with Crippen LogP contribution in [-0.4, -0.2) is 29.8 Å². The van der Waals surface area contributed by atoms with Crippen LogP contribution in [-0.2, 0) is 13.1 Å². The predicted octanol–water partition coefficient (Wildman–Crippen LogP) is 5.69. The van der Waals surface area contributed by atoms with Crippen molar-refractivity contribution in [3.63, 3.8) is 0 Å².